The molecule has 1 aliphatic carbocycles. The third-order valence-electron chi connectivity index (χ3n) is 5.97. The van der Waals surface area contributed by atoms with Crippen LogP contribution in [0.1, 0.15) is 37.2 Å². The Bertz CT molecular complexity index is 1200. The van der Waals surface area contributed by atoms with Crippen molar-refractivity contribution in [1.29, 1.82) is 0 Å². The monoisotopic (exact) mass is 409 g/mol. The van der Waals surface area contributed by atoms with Crippen LogP contribution in [0.5, 0.6) is 0 Å². The van der Waals surface area contributed by atoms with Gasteiger partial charge in [-0.05, 0) is 36.1 Å². The van der Waals surface area contributed by atoms with Gasteiger partial charge in [0.1, 0.15) is 5.82 Å². The lowest BCUT2D eigenvalue weighted by Crippen LogP contribution is -2.32. The number of hydrogen-bond donors (Lipinski definition) is 1. The lowest BCUT2D eigenvalue weighted by Gasteiger charge is -2.33. The Kier molecular flexibility index (Phi) is 4.21. The number of benzene rings is 2. The third kappa shape index (κ3) is 2.94. The quantitative estimate of drug-likeness (QED) is 0.807. The van der Waals surface area contributed by atoms with Crippen molar-refractivity contribution in [2.24, 2.45) is 0 Å². The first kappa shape index (κ1) is 18.3. The van der Waals surface area contributed by atoms with E-state index >= 15 is 0 Å². The molecule has 0 saturated carbocycles. The molecule has 2 aromatic carbocycles. The van der Waals surface area contributed by atoms with Gasteiger partial charge in [0.25, 0.3) is 0 Å². The van der Waals surface area contributed by atoms with Gasteiger partial charge in [0, 0.05) is 35.4 Å². The van der Waals surface area contributed by atoms with Gasteiger partial charge in [0.15, 0.2) is 15.6 Å². The van der Waals surface area contributed by atoms with Crippen LogP contribution in [0.4, 0.5) is 4.39 Å². The van der Waals surface area contributed by atoms with Crippen molar-refractivity contribution in [2.75, 3.05) is 5.75 Å². The molecule has 2 heterocycles. The predicted octanol–water partition coefficient (Wildman–Crippen LogP) is 4.22. The Balaban J connectivity index is 1.73. The molecule has 0 fully saturated rings. The molecule has 1 atom stereocenters. The molecule has 0 radical (unpaired) electrons. The maximum absolute atomic E-state index is 14.6. The Labute approximate surface area is 169 Å². The van der Waals surface area contributed by atoms with E-state index in [1.807, 2.05) is 30.3 Å². The molecule has 29 heavy (non-hydrogen) atoms. The van der Waals surface area contributed by atoms with Gasteiger partial charge in [-0.1, -0.05) is 36.4 Å². The SMILES string of the molecule is O=C1CCCC2=C1[C@H](c1ccc(F)c(-c3ccccc3)c1)C1=C(CCS1(=O)=O)N2. The van der Waals surface area contributed by atoms with Crippen molar-refractivity contribution in [3.63, 3.8) is 0 Å². The summed E-state index contributed by atoms with van der Waals surface area (Å²) < 4.78 is 40.4. The molecular weight excluding hydrogens is 389 g/mol. The minimum Gasteiger partial charge on any atom is -0.361 e. The first-order chi connectivity index (χ1) is 14.0. The van der Waals surface area contributed by atoms with Crippen molar-refractivity contribution in [3.05, 3.63) is 81.8 Å². The zero-order valence-electron chi connectivity index (χ0n) is 15.7. The smallest absolute Gasteiger partial charge is 0.177 e. The summed E-state index contributed by atoms with van der Waals surface area (Å²) in [5.41, 5.74) is 3.82. The summed E-state index contributed by atoms with van der Waals surface area (Å²) in [6, 6.07) is 13.8. The van der Waals surface area contributed by atoms with E-state index in [-0.39, 0.29) is 22.3 Å². The lowest BCUT2D eigenvalue weighted by atomic mass is 9.78. The summed E-state index contributed by atoms with van der Waals surface area (Å²) in [6.45, 7) is 0. The van der Waals surface area contributed by atoms with E-state index in [9.17, 15) is 17.6 Å². The Hall–Kier alpha value is -2.73. The summed E-state index contributed by atoms with van der Waals surface area (Å²) in [4.78, 5) is 13.1. The fourth-order valence-corrected chi connectivity index (χ4v) is 6.49. The molecule has 0 unspecified atom stereocenters. The fourth-order valence-electron chi connectivity index (χ4n) is 4.66. The Morgan fingerprint density at radius 1 is 0.966 bits per heavy atom. The van der Waals surface area contributed by atoms with Crippen molar-refractivity contribution >= 4 is 15.6 Å². The average Bonchev–Trinajstić information content (AvgIpc) is 3.02. The average molecular weight is 409 g/mol. The third-order valence-corrected chi connectivity index (χ3v) is 7.86. The van der Waals surface area contributed by atoms with E-state index in [4.69, 9.17) is 0 Å². The number of Topliss-reactive ketones (excluding diaryl/α,β-unsaturated/α-hetero) is 1. The maximum atomic E-state index is 14.6. The molecule has 0 saturated heterocycles. The summed E-state index contributed by atoms with van der Waals surface area (Å²) in [5, 5.41) is 3.25. The molecule has 6 heteroatoms. The number of ketones is 1. The number of dihydropyridines is 1. The summed E-state index contributed by atoms with van der Waals surface area (Å²) in [6.07, 6.45) is 2.31. The molecule has 0 bridgehead atoms. The number of sulfone groups is 1. The minimum absolute atomic E-state index is 0.0250. The molecule has 2 aromatic rings. The highest BCUT2D eigenvalue weighted by atomic mass is 32.2. The van der Waals surface area contributed by atoms with Gasteiger partial charge in [-0.2, -0.15) is 0 Å². The van der Waals surface area contributed by atoms with Gasteiger partial charge in [-0.25, -0.2) is 12.8 Å². The molecular formula is C23H20FNO3S. The molecule has 5 rings (SSSR count). The molecule has 1 N–H and O–H groups in total. The van der Waals surface area contributed by atoms with Crippen LogP contribution < -0.4 is 5.32 Å². The summed E-state index contributed by atoms with van der Waals surface area (Å²) >= 11 is 0. The molecule has 148 valence electrons. The highest BCUT2D eigenvalue weighted by Gasteiger charge is 2.44. The summed E-state index contributed by atoms with van der Waals surface area (Å²) in [7, 11) is -3.47. The zero-order valence-corrected chi connectivity index (χ0v) is 16.6. The van der Waals surface area contributed by atoms with Crippen molar-refractivity contribution in [2.45, 2.75) is 31.6 Å². The van der Waals surface area contributed by atoms with Gasteiger partial charge >= 0.3 is 0 Å². The number of carbonyl (C=O) groups is 1. The van der Waals surface area contributed by atoms with E-state index in [0.717, 1.165) is 18.5 Å². The molecule has 0 spiro atoms. The first-order valence-corrected chi connectivity index (χ1v) is 11.4. The molecule has 3 aliphatic rings. The van der Waals surface area contributed by atoms with Gasteiger partial charge in [-0.3, -0.25) is 4.79 Å². The fraction of sp³-hybridized carbons (Fsp3) is 0.261. The molecule has 2 aliphatic heterocycles. The largest absolute Gasteiger partial charge is 0.361 e. The van der Waals surface area contributed by atoms with Crippen LogP contribution in [0.3, 0.4) is 0 Å². The predicted molar refractivity (Wildman–Crippen MR) is 109 cm³/mol. The Morgan fingerprint density at radius 3 is 2.55 bits per heavy atom. The zero-order chi connectivity index (χ0) is 20.2. The second-order valence-corrected chi connectivity index (χ2v) is 9.82. The van der Waals surface area contributed by atoms with Gasteiger partial charge in [-0.15, -0.1) is 0 Å². The molecule has 4 nitrogen and oxygen atoms in total. The number of carbonyl (C=O) groups excluding carboxylic acids is 1. The van der Waals surface area contributed by atoms with Crippen LogP contribution in [0.2, 0.25) is 0 Å². The van der Waals surface area contributed by atoms with E-state index in [2.05, 4.69) is 5.32 Å². The van der Waals surface area contributed by atoms with Gasteiger partial charge in [0.2, 0.25) is 0 Å². The maximum Gasteiger partial charge on any atom is 0.177 e. The van der Waals surface area contributed by atoms with Crippen LogP contribution in [0.25, 0.3) is 11.1 Å². The van der Waals surface area contributed by atoms with E-state index < -0.39 is 15.8 Å². The van der Waals surface area contributed by atoms with Crippen molar-refractivity contribution < 1.29 is 17.6 Å². The minimum atomic E-state index is -3.47. The molecule has 0 amide bonds. The van der Waals surface area contributed by atoms with E-state index in [1.165, 1.54) is 6.07 Å². The second-order valence-electron chi connectivity index (χ2n) is 7.74. The number of halogens is 1. The van der Waals surface area contributed by atoms with Crippen LogP contribution in [0, 0.1) is 5.82 Å². The molecule has 0 aromatic heterocycles. The first-order valence-electron chi connectivity index (χ1n) is 9.79. The second kappa shape index (κ2) is 6.66. The van der Waals surface area contributed by atoms with Gasteiger partial charge in [0.05, 0.1) is 16.6 Å². The van der Waals surface area contributed by atoms with E-state index in [0.29, 0.717) is 40.8 Å². The number of allylic oxidation sites excluding steroid dienone is 4. The lowest BCUT2D eigenvalue weighted by molar-refractivity contribution is -0.116. The number of hydrogen-bond acceptors (Lipinski definition) is 4. The van der Waals surface area contributed by atoms with Crippen molar-refractivity contribution in [1.82, 2.24) is 5.32 Å². The summed E-state index contributed by atoms with van der Waals surface area (Å²) in [5.74, 6) is -1.02. The normalized spacial score (nSPS) is 22.9. The highest BCUT2D eigenvalue weighted by molar-refractivity contribution is 7.95. The van der Waals surface area contributed by atoms with Gasteiger partial charge < -0.3 is 5.32 Å². The van der Waals surface area contributed by atoms with Crippen LogP contribution in [0.15, 0.2) is 70.4 Å². The van der Waals surface area contributed by atoms with Crippen LogP contribution >= 0.6 is 0 Å². The number of nitrogens with one attached hydrogen (secondary N) is 1. The Morgan fingerprint density at radius 2 is 1.76 bits per heavy atom. The van der Waals surface area contributed by atoms with Crippen molar-refractivity contribution in [3.8, 4) is 11.1 Å². The number of rotatable bonds is 2. The van der Waals surface area contributed by atoms with E-state index in [1.54, 1.807) is 12.1 Å². The highest BCUT2D eigenvalue weighted by Crippen LogP contribution is 2.48. The van der Waals surface area contributed by atoms with Crippen LogP contribution in [-0.4, -0.2) is 20.0 Å². The topological polar surface area (TPSA) is 63.2 Å². The van der Waals surface area contributed by atoms with Crippen LogP contribution in [-0.2, 0) is 14.6 Å². The standard InChI is InChI=1S/C23H20FNO3S/c24-17-10-9-15(13-16(17)14-5-2-1-3-6-14)21-22-18(7-4-8-20(22)26)25-19-11-12-29(27,28)23(19)21/h1-3,5-6,9-10,13,21,25H,4,7-8,11-12H2/t21-/m0/s1.